The van der Waals surface area contributed by atoms with Crippen molar-refractivity contribution >= 4 is 27.4 Å². The molecule has 0 amide bonds. The van der Waals surface area contributed by atoms with Gasteiger partial charge in [-0.1, -0.05) is 6.07 Å². The van der Waals surface area contributed by atoms with Crippen molar-refractivity contribution in [1.29, 1.82) is 0 Å². The van der Waals surface area contributed by atoms with Crippen LogP contribution in [0.2, 0.25) is 0 Å². The van der Waals surface area contributed by atoms with Crippen molar-refractivity contribution in [3.63, 3.8) is 0 Å². The third-order valence-corrected chi connectivity index (χ3v) is 2.97. The summed E-state index contributed by atoms with van der Waals surface area (Å²) in [5, 5.41) is 7.46. The van der Waals surface area contributed by atoms with Crippen LogP contribution in [0.1, 0.15) is 5.56 Å². The molecule has 0 atom stereocenters. The highest BCUT2D eigenvalue weighted by Crippen LogP contribution is 2.20. The maximum absolute atomic E-state index is 5.80. The van der Waals surface area contributed by atoms with Gasteiger partial charge in [-0.3, -0.25) is 4.68 Å². The van der Waals surface area contributed by atoms with E-state index in [9.17, 15) is 0 Å². The number of halogens is 1. The second-order valence-corrected chi connectivity index (χ2v) is 4.44. The summed E-state index contributed by atoms with van der Waals surface area (Å²) in [5.41, 5.74) is 7.68. The monoisotopic (exact) mass is 280 g/mol. The number of hydrogen-bond donors (Lipinski definition) is 2. The molecule has 0 aliphatic carbocycles. The van der Waals surface area contributed by atoms with Gasteiger partial charge in [0, 0.05) is 36.0 Å². The van der Waals surface area contributed by atoms with Crippen LogP contribution < -0.4 is 11.1 Å². The molecule has 2 rings (SSSR count). The highest BCUT2D eigenvalue weighted by molar-refractivity contribution is 9.10. The van der Waals surface area contributed by atoms with Gasteiger partial charge in [-0.25, -0.2) is 0 Å². The number of aryl methyl sites for hydroxylation is 1. The van der Waals surface area contributed by atoms with Crippen molar-refractivity contribution in [3.8, 4) is 0 Å². The average molecular weight is 281 g/mol. The first-order valence-corrected chi connectivity index (χ1v) is 5.72. The number of aromatic nitrogens is 2. The molecule has 0 saturated carbocycles. The number of anilines is 2. The van der Waals surface area contributed by atoms with Crippen molar-refractivity contribution in [2.45, 2.75) is 6.54 Å². The van der Waals surface area contributed by atoms with Crippen LogP contribution in [0.15, 0.2) is 34.9 Å². The van der Waals surface area contributed by atoms with Gasteiger partial charge >= 0.3 is 0 Å². The van der Waals surface area contributed by atoms with Crippen LogP contribution in [0, 0.1) is 0 Å². The third-order valence-electron chi connectivity index (χ3n) is 2.25. The Labute approximate surface area is 103 Å². The summed E-state index contributed by atoms with van der Waals surface area (Å²) in [6.45, 7) is 0.717. The maximum atomic E-state index is 5.80. The van der Waals surface area contributed by atoms with E-state index >= 15 is 0 Å². The highest BCUT2D eigenvalue weighted by Gasteiger charge is 1.99. The Morgan fingerprint density at radius 1 is 1.44 bits per heavy atom. The first kappa shape index (κ1) is 11.0. The van der Waals surface area contributed by atoms with E-state index in [1.54, 1.807) is 4.68 Å². The largest absolute Gasteiger partial charge is 0.398 e. The summed E-state index contributed by atoms with van der Waals surface area (Å²) in [6.07, 6.45) is 1.90. The summed E-state index contributed by atoms with van der Waals surface area (Å²) in [4.78, 5) is 0. The summed E-state index contributed by atoms with van der Waals surface area (Å²) in [6, 6.07) is 7.85. The molecule has 1 aromatic carbocycles. The van der Waals surface area contributed by atoms with Gasteiger partial charge in [0.2, 0.25) is 0 Å². The van der Waals surface area contributed by atoms with Gasteiger partial charge in [0.1, 0.15) is 5.82 Å². The number of benzene rings is 1. The van der Waals surface area contributed by atoms with E-state index in [2.05, 4.69) is 26.3 Å². The smallest absolute Gasteiger partial charge is 0.148 e. The lowest BCUT2D eigenvalue weighted by atomic mass is 10.2. The van der Waals surface area contributed by atoms with Crippen molar-refractivity contribution in [2.75, 3.05) is 11.1 Å². The highest BCUT2D eigenvalue weighted by atomic mass is 79.9. The summed E-state index contributed by atoms with van der Waals surface area (Å²) in [5.74, 6) is 0.865. The van der Waals surface area contributed by atoms with Crippen LogP contribution in [-0.4, -0.2) is 9.78 Å². The van der Waals surface area contributed by atoms with Gasteiger partial charge < -0.3 is 11.1 Å². The van der Waals surface area contributed by atoms with E-state index in [4.69, 9.17) is 5.73 Å². The summed E-state index contributed by atoms with van der Waals surface area (Å²) < 4.78 is 2.69. The van der Waals surface area contributed by atoms with Crippen LogP contribution in [-0.2, 0) is 13.6 Å². The van der Waals surface area contributed by atoms with Crippen molar-refractivity contribution in [2.24, 2.45) is 7.05 Å². The lowest BCUT2D eigenvalue weighted by Gasteiger charge is -2.05. The number of nitrogens with zero attached hydrogens (tertiary/aromatic N) is 2. The molecule has 0 saturated heterocycles. The number of nitrogens with one attached hydrogen (secondary N) is 1. The number of nitrogens with two attached hydrogens (primary N) is 1. The van der Waals surface area contributed by atoms with Crippen molar-refractivity contribution < 1.29 is 0 Å². The fourth-order valence-electron chi connectivity index (χ4n) is 1.41. The van der Waals surface area contributed by atoms with E-state index in [0.29, 0.717) is 6.54 Å². The molecule has 0 aliphatic rings. The number of nitrogen functional groups attached to an aromatic ring is 1. The molecule has 0 unspecified atom stereocenters. The maximum Gasteiger partial charge on any atom is 0.148 e. The van der Waals surface area contributed by atoms with Gasteiger partial charge in [0.25, 0.3) is 0 Å². The zero-order valence-corrected chi connectivity index (χ0v) is 10.5. The zero-order valence-electron chi connectivity index (χ0n) is 8.94. The lowest BCUT2D eigenvalue weighted by Crippen LogP contribution is -2.01. The van der Waals surface area contributed by atoms with Crippen LogP contribution in [0.5, 0.6) is 0 Å². The molecule has 2 aromatic rings. The standard InChI is InChI=1S/C11H13BrN4/c1-16-5-4-11(15-16)14-7-8-2-3-9(12)10(13)6-8/h2-6H,7,13H2,1H3,(H,14,15). The van der Waals surface area contributed by atoms with Crippen LogP contribution >= 0.6 is 15.9 Å². The minimum Gasteiger partial charge on any atom is -0.398 e. The van der Waals surface area contributed by atoms with Gasteiger partial charge in [-0.05, 0) is 33.6 Å². The van der Waals surface area contributed by atoms with Crippen LogP contribution in [0.4, 0.5) is 11.5 Å². The van der Waals surface area contributed by atoms with E-state index in [1.807, 2.05) is 37.5 Å². The molecule has 4 nitrogen and oxygen atoms in total. The quantitative estimate of drug-likeness (QED) is 0.849. The second kappa shape index (κ2) is 4.57. The van der Waals surface area contributed by atoms with Crippen molar-refractivity contribution in [1.82, 2.24) is 9.78 Å². The Hall–Kier alpha value is -1.49. The fraction of sp³-hybridized carbons (Fsp3) is 0.182. The molecule has 3 N–H and O–H groups in total. The van der Waals surface area contributed by atoms with E-state index in [1.165, 1.54) is 0 Å². The Morgan fingerprint density at radius 2 is 2.25 bits per heavy atom. The van der Waals surface area contributed by atoms with E-state index < -0.39 is 0 Å². The van der Waals surface area contributed by atoms with Gasteiger partial charge in [-0.2, -0.15) is 5.10 Å². The molecule has 84 valence electrons. The topological polar surface area (TPSA) is 55.9 Å². The Morgan fingerprint density at radius 3 is 2.88 bits per heavy atom. The average Bonchev–Trinajstić information content (AvgIpc) is 2.66. The molecule has 0 fully saturated rings. The predicted molar refractivity (Wildman–Crippen MR) is 69.1 cm³/mol. The zero-order chi connectivity index (χ0) is 11.5. The first-order chi connectivity index (χ1) is 7.65. The molecular weight excluding hydrogens is 268 g/mol. The van der Waals surface area contributed by atoms with Gasteiger partial charge in [-0.15, -0.1) is 0 Å². The van der Waals surface area contributed by atoms with Crippen LogP contribution in [0.25, 0.3) is 0 Å². The minimum atomic E-state index is 0.717. The Balaban J connectivity index is 2.02. The molecule has 0 bridgehead atoms. The normalized spacial score (nSPS) is 10.4. The van der Waals surface area contributed by atoms with E-state index in [0.717, 1.165) is 21.5 Å². The first-order valence-electron chi connectivity index (χ1n) is 4.92. The molecule has 5 heteroatoms. The van der Waals surface area contributed by atoms with E-state index in [-0.39, 0.29) is 0 Å². The lowest BCUT2D eigenvalue weighted by molar-refractivity contribution is 0.768. The summed E-state index contributed by atoms with van der Waals surface area (Å²) >= 11 is 3.37. The molecular formula is C11H13BrN4. The minimum absolute atomic E-state index is 0.717. The second-order valence-electron chi connectivity index (χ2n) is 3.58. The Kier molecular flexibility index (Phi) is 3.14. The SMILES string of the molecule is Cn1ccc(NCc2ccc(Br)c(N)c2)n1. The van der Waals surface area contributed by atoms with Gasteiger partial charge in [0.15, 0.2) is 0 Å². The molecule has 0 radical (unpaired) electrons. The van der Waals surface area contributed by atoms with Gasteiger partial charge in [0.05, 0.1) is 0 Å². The molecule has 16 heavy (non-hydrogen) atoms. The predicted octanol–water partition coefficient (Wildman–Crippen LogP) is 2.38. The third kappa shape index (κ3) is 2.55. The molecule has 1 heterocycles. The number of rotatable bonds is 3. The number of hydrogen-bond acceptors (Lipinski definition) is 3. The Bertz CT molecular complexity index is 492. The summed E-state index contributed by atoms with van der Waals surface area (Å²) in [7, 11) is 1.89. The fourth-order valence-corrected chi connectivity index (χ4v) is 1.65. The molecule has 0 spiro atoms. The van der Waals surface area contributed by atoms with Crippen LogP contribution in [0.3, 0.4) is 0 Å². The molecule has 0 aliphatic heterocycles. The van der Waals surface area contributed by atoms with Crippen molar-refractivity contribution in [3.05, 3.63) is 40.5 Å². The molecule has 1 aromatic heterocycles.